The van der Waals surface area contributed by atoms with Gasteiger partial charge in [-0.25, -0.2) is 0 Å². The molecule has 20 heavy (non-hydrogen) atoms. The molecule has 0 radical (unpaired) electrons. The quantitative estimate of drug-likeness (QED) is 0.772. The molecular weight excluding hydrogens is 252 g/mol. The fourth-order valence-electron chi connectivity index (χ4n) is 3.75. The third-order valence-electron chi connectivity index (χ3n) is 5.39. The van der Waals surface area contributed by atoms with Crippen LogP contribution in [0.3, 0.4) is 0 Å². The van der Waals surface area contributed by atoms with Gasteiger partial charge in [-0.3, -0.25) is 4.90 Å². The Kier molecular flexibility index (Phi) is 4.97. The molecule has 3 fully saturated rings. The molecule has 1 unspecified atom stereocenters. The van der Waals surface area contributed by atoms with Crippen LogP contribution in [0.25, 0.3) is 0 Å². The third-order valence-corrected chi connectivity index (χ3v) is 5.39. The Morgan fingerprint density at radius 1 is 1.15 bits per heavy atom. The number of aliphatic hydroxyl groups excluding tert-OH is 1. The normalized spacial score (nSPS) is 31.4. The Morgan fingerprint density at radius 2 is 1.95 bits per heavy atom. The summed E-state index contributed by atoms with van der Waals surface area (Å²) >= 11 is 0. The number of nitrogens with one attached hydrogen (secondary N) is 1. The molecular formula is C16H30N2O2. The van der Waals surface area contributed by atoms with Crippen LogP contribution >= 0.6 is 0 Å². The number of piperidine rings is 1. The molecule has 2 N–H and O–H groups in total. The van der Waals surface area contributed by atoms with Gasteiger partial charge in [0.2, 0.25) is 0 Å². The van der Waals surface area contributed by atoms with Gasteiger partial charge in [-0.15, -0.1) is 0 Å². The van der Waals surface area contributed by atoms with Crippen molar-refractivity contribution in [2.75, 3.05) is 39.5 Å². The molecule has 0 spiro atoms. The Labute approximate surface area is 122 Å². The van der Waals surface area contributed by atoms with Crippen LogP contribution in [-0.2, 0) is 4.74 Å². The SMILES string of the molecule is OCC1CCCCN1CC1(CNC2CC2)CCOCC1. The molecule has 1 saturated carbocycles. The molecule has 2 heterocycles. The highest BCUT2D eigenvalue weighted by Gasteiger charge is 2.38. The molecule has 0 amide bonds. The molecule has 2 aliphatic heterocycles. The standard InChI is InChI=1S/C16H30N2O2/c19-11-15-3-1-2-8-18(15)13-16(6-9-20-10-7-16)12-17-14-4-5-14/h14-15,17,19H,1-13H2. The molecule has 4 nitrogen and oxygen atoms in total. The maximum Gasteiger partial charge on any atom is 0.0586 e. The minimum atomic E-state index is 0.322. The van der Waals surface area contributed by atoms with Crippen LogP contribution in [0.15, 0.2) is 0 Å². The Hall–Kier alpha value is -0.160. The summed E-state index contributed by atoms with van der Waals surface area (Å²) in [4.78, 5) is 2.56. The molecule has 0 aromatic heterocycles. The second-order valence-electron chi connectivity index (χ2n) is 7.07. The zero-order valence-electron chi connectivity index (χ0n) is 12.6. The molecule has 116 valence electrons. The van der Waals surface area contributed by atoms with E-state index in [0.29, 0.717) is 18.1 Å². The predicted octanol–water partition coefficient (Wildman–Crippen LogP) is 1.38. The first-order chi connectivity index (χ1) is 9.81. The third kappa shape index (κ3) is 3.73. The van der Waals surface area contributed by atoms with Gasteiger partial charge in [0.05, 0.1) is 6.61 Å². The van der Waals surface area contributed by atoms with E-state index in [0.717, 1.165) is 38.9 Å². The Bertz CT molecular complexity index is 301. The summed E-state index contributed by atoms with van der Waals surface area (Å²) in [5, 5.41) is 13.4. The first-order valence-electron chi connectivity index (χ1n) is 8.47. The predicted molar refractivity (Wildman–Crippen MR) is 79.8 cm³/mol. The maximum absolute atomic E-state index is 9.62. The van der Waals surface area contributed by atoms with Gasteiger partial charge in [-0.05, 0) is 50.5 Å². The average Bonchev–Trinajstić information content (AvgIpc) is 3.31. The first kappa shape index (κ1) is 14.8. The van der Waals surface area contributed by atoms with E-state index in [-0.39, 0.29) is 0 Å². The summed E-state index contributed by atoms with van der Waals surface area (Å²) in [7, 11) is 0. The zero-order chi connectivity index (χ0) is 13.8. The number of nitrogens with zero attached hydrogens (tertiary/aromatic N) is 1. The van der Waals surface area contributed by atoms with Crippen LogP contribution in [0.5, 0.6) is 0 Å². The van der Waals surface area contributed by atoms with E-state index >= 15 is 0 Å². The molecule has 4 heteroatoms. The molecule has 3 aliphatic rings. The number of rotatable bonds is 6. The second-order valence-corrected chi connectivity index (χ2v) is 7.07. The van der Waals surface area contributed by atoms with Crippen molar-refractivity contribution in [1.82, 2.24) is 10.2 Å². The van der Waals surface area contributed by atoms with E-state index in [1.807, 2.05) is 0 Å². The van der Waals surface area contributed by atoms with Crippen LogP contribution < -0.4 is 5.32 Å². The summed E-state index contributed by atoms with van der Waals surface area (Å²) in [5.74, 6) is 0. The average molecular weight is 282 g/mol. The van der Waals surface area contributed by atoms with Crippen molar-refractivity contribution < 1.29 is 9.84 Å². The highest BCUT2D eigenvalue weighted by molar-refractivity contribution is 4.92. The van der Waals surface area contributed by atoms with E-state index in [1.54, 1.807) is 0 Å². The van der Waals surface area contributed by atoms with E-state index in [2.05, 4.69) is 10.2 Å². The topological polar surface area (TPSA) is 44.7 Å². The summed E-state index contributed by atoms with van der Waals surface area (Å²) in [6, 6.07) is 1.18. The largest absolute Gasteiger partial charge is 0.395 e. The maximum atomic E-state index is 9.62. The zero-order valence-corrected chi connectivity index (χ0v) is 12.6. The molecule has 0 aromatic carbocycles. The van der Waals surface area contributed by atoms with E-state index < -0.39 is 0 Å². The number of hydrogen-bond acceptors (Lipinski definition) is 4. The fraction of sp³-hybridized carbons (Fsp3) is 1.00. The summed E-state index contributed by atoms with van der Waals surface area (Å²) in [6.45, 7) is 5.57. The Balaban J connectivity index is 1.61. The lowest BCUT2D eigenvalue weighted by Crippen LogP contribution is -2.52. The van der Waals surface area contributed by atoms with Crippen LogP contribution in [0.2, 0.25) is 0 Å². The molecule has 1 aliphatic carbocycles. The van der Waals surface area contributed by atoms with Crippen LogP contribution in [0.1, 0.15) is 44.9 Å². The van der Waals surface area contributed by atoms with Gasteiger partial charge < -0.3 is 15.2 Å². The van der Waals surface area contributed by atoms with Gasteiger partial charge >= 0.3 is 0 Å². The molecule has 0 aromatic rings. The molecule has 0 bridgehead atoms. The summed E-state index contributed by atoms with van der Waals surface area (Å²) < 4.78 is 5.59. The van der Waals surface area contributed by atoms with Crippen molar-refractivity contribution in [3.63, 3.8) is 0 Å². The van der Waals surface area contributed by atoms with Crippen molar-refractivity contribution in [3.05, 3.63) is 0 Å². The number of likely N-dealkylation sites (tertiary alicyclic amines) is 1. The summed E-state index contributed by atoms with van der Waals surface area (Å²) in [6.07, 6.45) is 8.78. The van der Waals surface area contributed by atoms with Crippen LogP contribution in [-0.4, -0.2) is 61.5 Å². The lowest BCUT2D eigenvalue weighted by Gasteiger charge is -2.45. The minimum Gasteiger partial charge on any atom is -0.395 e. The Morgan fingerprint density at radius 3 is 2.65 bits per heavy atom. The van der Waals surface area contributed by atoms with Gasteiger partial charge in [0, 0.05) is 38.4 Å². The highest BCUT2D eigenvalue weighted by atomic mass is 16.5. The van der Waals surface area contributed by atoms with Crippen molar-refractivity contribution >= 4 is 0 Å². The van der Waals surface area contributed by atoms with Crippen LogP contribution in [0, 0.1) is 5.41 Å². The van der Waals surface area contributed by atoms with Crippen molar-refractivity contribution in [3.8, 4) is 0 Å². The monoisotopic (exact) mass is 282 g/mol. The van der Waals surface area contributed by atoms with Gasteiger partial charge in [-0.1, -0.05) is 6.42 Å². The van der Waals surface area contributed by atoms with Crippen molar-refractivity contribution in [2.24, 2.45) is 5.41 Å². The smallest absolute Gasteiger partial charge is 0.0586 e. The van der Waals surface area contributed by atoms with Gasteiger partial charge in [0.1, 0.15) is 0 Å². The fourth-order valence-corrected chi connectivity index (χ4v) is 3.75. The first-order valence-corrected chi connectivity index (χ1v) is 8.47. The van der Waals surface area contributed by atoms with Crippen LogP contribution in [0.4, 0.5) is 0 Å². The number of ether oxygens (including phenoxy) is 1. The summed E-state index contributed by atoms with van der Waals surface area (Å²) in [5.41, 5.74) is 0.367. The van der Waals surface area contributed by atoms with Gasteiger partial charge in [0.15, 0.2) is 0 Å². The lowest BCUT2D eigenvalue weighted by atomic mass is 9.78. The van der Waals surface area contributed by atoms with E-state index in [9.17, 15) is 5.11 Å². The number of hydrogen-bond donors (Lipinski definition) is 2. The second kappa shape index (κ2) is 6.73. The van der Waals surface area contributed by atoms with Crippen molar-refractivity contribution in [2.45, 2.75) is 57.0 Å². The highest BCUT2D eigenvalue weighted by Crippen LogP contribution is 2.34. The van der Waals surface area contributed by atoms with Crippen molar-refractivity contribution in [1.29, 1.82) is 0 Å². The van der Waals surface area contributed by atoms with Gasteiger partial charge in [-0.2, -0.15) is 0 Å². The van der Waals surface area contributed by atoms with E-state index in [4.69, 9.17) is 4.74 Å². The lowest BCUT2D eigenvalue weighted by molar-refractivity contribution is -0.0240. The van der Waals surface area contributed by atoms with Gasteiger partial charge in [0.25, 0.3) is 0 Å². The minimum absolute atomic E-state index is 0.322. The molecule has 2 saturated heterocycles. The molecule has 3 rings (SSSR count). The van der Waals surface area contributed by atoms with E-state index in [1.165, 1.54) is 44.9 Å². The number of aliphatic hydroxyl groups is 1. The molecule has 1 atom stereocenters.